The number of carbonyl (C=O) groups is 7. The molecule has 0 spiro atoms. The van der Waals surface area contributed by atoms with Gasteiger partial charge in [-0.3, -0.25) is 28.8 Å². The highest BCUT2D eigenvalue weighted by Crippen LogP contribution is 2.44. The van der Waals surface area contributed by atoms with Crippen LogP contribution in [-0.2, 0) is 20.7 Å². The molecular weight excluding hydrogens is 1260 g/mol. The quantitative estimate of drug-likeness (QED) is 0.0785. The Labute approximate surface area is 532 Å². The van der Waals surface area contributed by atoms with Gasteiger partial charge in [0.1, 0.15) is 82.8 Å². The number of nitrogens with two attached hydrogens (primary N) is 2. The maximum Gasteiger partial charge on any atom is 0.410 e. The van der Waals surface area contributed by atoms with E-state index in [9.17, 15) is 39.0 Å². The van der Waals surface area contributed by atoms with E-state index < -0.39 is 83.6 Å². The molecule has 10 bridgehead atoms. The Balaban J connectivity index is 0.973. The fourth-order valence-corrected chi connectivity index (χ4v) is 16.4. The van der Waals surface area contributed by atoms with Gasteiger partial charge in [-0.15, -0.1) is 68.0 Å². The number of fused-ring (bicyclic) bond motifs is 16. The highest BCUT2D eigenvalue weighted by Gasteiger charge is 2.48. The van der Waals surface area contributed by atoms with E-state index in [1.807, 2.05) is 12.3 Å². The molecule has 3 aliphatic heterocycles. The average Bonchev–Trinajstić information content (AvgIpc) is 2.23. The third-order valence-electron chi connectivity index (χ3n) is 15.6. The lowest BCUT2D eigenvalue weighted by Gasteiger charge is -2.29. The molecule has 12 rings (SSSR count). The molecule has 8 N–H and O–H groups in total. The number of piperidine rings is 1. The Kier molecular flexibility index (Phi) is 17.6. The number of ketones is 1. The van der Waals surface area contributed by atoms with Crippen LogP contribution in [0.25, 0.3) is 43.4 Å². The number of likely N-dealkylation sites (tertiary alicyclic amines) is 1. The molecule has 0 saturated carbocycles. The number of phenolic OH excluding ortho intramolecular Hbond substituents is 1. The lowest BCUT2D eigenvalue weighted by Crippen LogP contribution is -2.50. The second kappa shape index (κ2) is 25.9. The summed E-state index contributed by atoms with van der Waals surface area (Å²) in [6.45, 7) is 4.59. The Hall–Kier alpha value is -8.58. The number of amides is 6. The van der Waals surface area contributed by atoms with E-state index in [-0.39, 0.29) is 64.3 Å². The van der Waals surface area contributed by atoms with E-state index in [1.54, 1.807) is 82.1 Å². The summed E-state index contributed by atoms with van der Waals surface area (Å²) >= 11 is 7.01. The third-order valence-corrected chi connectivity index (χ3v) is 21.2. The van der Waals surface area contributed by atoms with Crippen LogP contribution in [0.4, 0.5) is 4.79 Å². The van der Waals surface area contributed by atoms with Crippen molar-refractivity contribution in [3.8, 4) is 49.1 Å². The molecule has 456 valence electrons. The number of aryl methyl sites for hydroxylation is 1. The van der Waals surface area contributed by atoms with Crippen molar-refractivity contribution in [2.24, 2.45) is 17.4 Å². The van der Waals surface area contributed by atoms with Gasteiger partial charge in [0.15, 0.2) is 5.78 Å². The summed E-state index contributed by atoms with van der Waals surface area (Å²) in [5, 5.41) is 38.6. The molecule has 89 heavy (non-hydrogen) atoms. The van der Waals surface area contributed by atoms with Gasteiger partial charge in [0.2, 0.25) is 11.8 Å². The summed E-state index contributed by atoms with van der Waals surface area (Å²) in [6.07, 6.45) is -0.711. The largest absolute Gasteiger partial charge is 0.508 e. The molecule has 2 aromatic carbocycles. The zero-order chi connectivity index (χ0) is 62.2. The molecule has 23 nitrogen and oxygen atoms in total. The standard InChI is InChI=1S/C60H55N13O10S6/c1-28-44(83-60(82)72-17-7-4-8-18-72)22-73-48(28)58-70-42(27-88-58)56-66-38(23-86-56)47-33(15-16-35(63-47)55-67-39(24-87-55)50(62)78)53-68-40(25-84-53)51(79)64-36(21-45(61)76)57-71-46(29(2)89-57)43(75)20-34(49(77)31-9-5-3-6-10-31)54-69-41(26-85-54)52(80)65-37(59(73)81)19-30-11-13-32(74)14-12-30/h3,5-6,9-16,23-28,34,36-37,44,48-49,74,77H,4,7-8,17-22H2,1-2H3,(H2,61,76)(H2,62,78)(H,64,79)(H,65,80)/t28-,34-,36-,37-,44-,48-,49+/m0/s1. The predicted octanol–water partition coefficient (Wildman–Crippen LogP) is 8.90. The first-order chi connectivity index (χ1) is 42.9. The number of aromatic nitrogens is 7. The molecule has 0 aliphatic carbocycles. The number of rotatable bonds is 9. The van der Waals surface area contributed by atoms with Crippen molar-refractivity contribution in [3.05, 3.63) is 147 Å². The van der Waals surface area contributed by atoms with Crippen molar-refractivity contribution >= 4 is 109 Å². The molecule has 3 aliphatic rings. The summed E-state index contributed by atoms with van der Waals surface area (Å²) in [6, 6.07) is 15.2. The summed E-state index contributed by atoms with van der Waals surface area (Å²) < 4.78 is 6.29. The van der Waals surface area contributed by atoms with E-state index in [0.29, 0.717) is 77.5 Å². The van der Waals surface area contributed by atoms with Crippen LogP contribution in [0.1, 0.15) is 136 Å². The van der Waals surface area contributed by atoms with Crippen LogP contribution in [0.2, 0.25) is 0 Å². The summed E-state index contributed by atoms with van der Waals surface area (Å²) in [4.78, 5) is 136. The second-order valence-corrected chi connectivity index (χ2v) is 27.2. The van der Waals surface area contributed by atoms with Gasteiger partial charge in [-0.1, -0.05) is 49.4 Å². The van der Waals surface area contributed by atoms with Gasteiger partial charge in [0.05, 0.1) is 41.9 Å². The fraction of sp³-hybridized carbons (Fsp3) is 0.300. The molecule has 10 heterocycles. The van der Waals surface area contributed by atoms with Gasteiger partial charge in [-0.05, 0) is 61.6 Å². The molecule has 0 unspecified atom stereocenters. The Morgan fingerprint density at radius 3 is 2.08 bits per heavy atom. The number of phenols is 1. The molecule has 29 heteroatoms. The maximum atomic E-state index is 15.7. The average molecular weight is 1310 g/mol. The van der Waals surface area contributed by atoms with Crippen LogP contribution in [0.5, 0.6) is 5.75 Å². The minimum atomic E-state index is -1.31. The topological polar surface area (TPSA) is 342 Å². The Morgan fingerprint density at radius 1 is 0.685 bits per heavy atom. The zero-order valence-electron chi connectivity index (χ0n) is 47.4. The number of Topliss-reactive ketones (excluding diaryl/α,β-unsaturated/α-hetero) is 1. The number of nitrogens with one attached hydrogen (secondary N) is 2. The van der Waals surface area contributed by atoms with E-state index >= 15 is 4.79 Å². The summed E-state index contributed by atoms with van der Waals surface area (Å²) in [5.74, 6) is -5.44. The molecule has 7 aromatic heterocycles. The van der Waals surface area contributed by atoms with Gasteiger partial charge >= 0.3 is 6.09 Å². The van der Waals surface area contributed by atoms with Crippen LogP contribution >= 0.6 is 68.0 Å². The number of thiazole rings is 6. The molecule has 9 aromatic rings. The molecule has 6 amide bonds. The number of benzene rings is 2. The van der Waals surface area contributed by atoms with Crippen LogP contribution in [-0.4, -0.2) is 128 Å². The highest BCUT2D eigenvalue weighted by atomic mass is 32.1. The Bertz CT molecular complexity index is 4170. The van der Waals surface area contributed by atoms with Gasteiger partial charge in [-0.25, -0.2) is 39.7 Å². The van der Waals surface area contributed by atoms with E-state index in [2.05, 4.69) is 15.6 Å². The number of hydrogen-bond acceptors (Lipinski definition) is 23. The minimum absolute atomic E-state index is 0.00458. The number of aliphatic hydroxyl groups is 1. The van der Waals surface area contributed by atoms with Crippen molar-refractivity contribution in [1.82, 2.24) is 55.3 Å². The van der Waals surface area contributed by atoms with Crippen molar-refractivity contribution in [3.63, 3.8) is 0 Å². The van der Waals surface area contributed by atoms with E-state index in [4.69, 9.17) is 46.1 Å². The first kappa shape index (κ1) is 60.7. The highest BCUT2D eigenvalue weighted by molar-refractivity contribution is 7.15. The number of ether oxygens (including phenoxy) is 1. The minimum Gasteiger partial charge on any atom is -0.508 e. The van der Waals surface area contributed by atoms with Crippen LogP contribution in [0, 0.1) is 12.8 Å². The molecular formula is C60H55N13O10S6. The van der Waals surface area contributed by atoms with Gasteiger partial charge in [-0.2, -0.15) is 0 Å². The van der Waals surface area contributed by atoms with Crippen molar-refractivity contribution < 1.29 is 48.5 Å². The fourth-order valence-electron chi connectivity index (χ4n) is 11.0. The van der Waals surface area contributed by atoms with Crippen molar-refractivity contribution in [2.45, 2.75) is 88.6 Å². The normalized spacial score (nSPS) is 20.3. The predicted molar refractivity (Wildman–Crippen MR) is 336 cm³/mol. The number of carbonyl (C=O) groups excluding carboxylic acids is 7. The van der Waals surface area contributed by atoms with Crippen molar-refractivity contribution in [1.29, 1.82) is 0 Å². The second-order valence-electron chi connectivity index (χ2n) is 21.6. The third kappa shape index (κ3) is 13.0. The summed E-state index contributed by atoms with van der Waals surface area (Å²) in [7, 11) is 0. The van der Waals surface area contributed by atoms with Crippen LogP contribution < -0.4 is 22.1 Å². The number of nitrogens with zero attached hydrogens (tertiary/aromatic N) is 9. The van der Waals surface area contributed by atoms with Crippen molar-refractivity contribution in [2.75, 3.05) is 19.6 Å². The Morgan fingerprint density at radius 2 is 1.34 bits per heavy atom. The monoisotopic (exact) mass is 1310 g/mol. The van der Waals surface area contributed by atoms with E-state index in [0.717, 1.165) is 53.3 Å². The van der Waals surface area contributed by atoms with Crippen LogP contribution in [0.3, 0.4) is 0 Å². The lowest BCUT2D eigenvalue weighted by molar-refractivity contribution is -0.134. The zero-order valence-corrected chi connectivity index (χ0v) is 52.3. The number of pyridine rings is 1. The van der Waals surface area contributed by atoms with Crippen LogP contribution in [0.15, 0.2) is 93.6 Å². The molecule has 7 atom stereocenters. The first-order valence-electron chi connectivity index (χ1n) is 28.2. The SMILES string of the molecule is Cc1sc2nc1C(=O)C[C@@H]([C@H](O)c1ccccc1)c1nc(cs1)C(=O)N[C@@H](Cc1ccc(O)cc1)C(=O)N1C[C@H](OC(=O)N3CCCCC3)[C@H](C)[C@H]1c1nc(cs1)-c1nc(cs1)-c1nc(-c3nc(C(N)=O)cs3)ccc1-c1nc(cs1)C(=O)N[C@H]2CC(N)=O. The van der Waals surface area contributed by atoms with Gasteiger partial charge in [0, 0.05) is 75.1 Å². The number of primary amides is 2. The number of aliphatic hydroxyl groups excluding tert-OH is 1. The number of aromatic hydroxyl groups is 1. The van der Waals surface area contributed by atoms with Gasteiger partial charge < -0.3 is 46.9 Å². The number of hydrogen-bond donors (Lipinski definition) is 6. The summed E-state index contributed by atoms with van der Waals surface area (Å²) in [5.41, 5.74) is 14.5. The van der Waals surface area contributed by atoms with Gasteiger partial charge in [0.25, 0.3) is 17.7 Å². The first-order valence-corrected chi connectivity index (χ1v) is 33.4. The molecule has 0 radical (unpaired) electrons. The smallest absolute Gasteiger partial charge is 0.410 e. The van der Waals surface area contributed by atoms with E-state index in [1.165, 1.54) is 56.9 Å². The molecule has 2 fully saturated rings. The maximum absolute atomic E-state index is 15.7. The lowest BCUT2D eigenvalue weighted by atomic mass is 9.90. The molecule has 2 saturated heterocycles.